The predicted octanol–water partition coefficient (Wildman–Crippen LogP) is 6.15. The molecular formula is C28H30ClFN2O3S. The number of thiophene rings is 1. The Hall–Kier alpha value is -2.90. The minimum absolute atomic E-state index is 0.0253. The van der Waals surface area contributed by atoms with Crippen LogP contribution in [-0.2, 0) is 11.2 Å². The number of nitrogens with zero attached hydrogens (tertiary/aromatic N) is 2. The number of carbonyl (C=O) groups is 2. The molecule has 8 heteroatoms. The smallest absolute Gasteiger partial charge is 0.257 e. The van der Waals surface area contributed by atoms with E-state index in [-0.39, 0.29) is 36.6 Å². The summed E-state index contributed by atoms with van der Waals surface area (Å²) in [6.45, 7) is 6.89. The van der Waals surface area contributed by atoms with Gasteiger partial charge in [-0.25, -0.2) is 4.39 Å². The molecule has 0 radical (unpaired) electrons. The Balaban J connectivity index is 1.55. The number of benzene rings is 2. The summed E-state index contributed by atoms with van der Waals surface area (Å²) in [7, 11) is 0. The number of ether oxygens (including phenoxy) is 1. The van der Waals surface area contributed by atoms with E-state index in [4.69, 9.17) is 16.3 Å². The molecule has 0 saturated carbocycles. The van der Waals surface area contributed by atoms with Gasteiger partial charge in [0, 0.05) is 23.0 Å². The zero-order chi connectivity index (χ0) is 25.8. The van der Waals surface area contributed by atoms with E-state index in [1.807, 2.05) is 44.4 Å². The van der Waals surface area contributed by atoms with Gasteiger partial charge in [0.2, 0.25) is 5.91 Å². The number of halogens is 2. The van der Waals surface area contributed by atoms with Crippen LogP contribution in [0.1, 0.15) is 46.3 Å². The van der Waals surface area contributed by atoms with Crippen LogP contribution >= 0.6 is 22.9 Å². The maximum absolute atomic E-state index is 14.4. The molecule has 5 nitrogen and oxygen atoms in total. The van der Waals surface area contributed by atoms with E-state index in [0.717, 1.165) is 17.5 Å². The molecule has 2 aromatic carbocycles. The maximum atomic E-state index is 14.4. The summed E-state index contributed by atoms with van der Waals surface area (Å²) in [4.78, 5) is 31.3. The van der Waals surface area contributed by atoms with Gasteiger partial charge in [0.25, 0.3) is 5.91 Å². The number of aryl methyl sites for hydroxylation is 1. The molecule has 1 unspecified atom stereocenters. The van der Waals surface area contributed by atoms with Gasteiger partial charge in [0.1, 0.15) is 24.7 Å². The molecule has 1 atom stereocenters. The van der Waals surface area contributed by atoms with Gasteiger partial charge in [-0.1, -0.05) is 37.6 Å². The lowest BCUT2D eigenvalue weighted by molar-refractivity contribution is -0.135. The molecule has 1 aliphatic heterocycles. The molecule has 0 fully saturated rings. The van der Waals surface area contributed by atoms with Crippen LogP contribution in [0.5, 0.6) is 5.75 Å². The largest absolute Gasteiger partial charge is 0.491 e. The van der Waals surface area contributed by atoms with Gasteiger partial charge in [-0.2, -0.15) is 0 Å². The molecule has 190 valence electrons. The summed E-state index contributed by atoms with van der Waals surface area (Å²) in [5, 5.41) is 2.70. The van der Waals surface area contributed by atoms with Crippen molar-refractivity contribution in [3.63, 3.8) is 0 Å². The van der Waals surface area contributed by atoms with E-state index in [0.29, 0.717) is 23.9 Å². The van der Waals surface area contributed by atoms with Crippen molar-refractivity contribution >= 4 is 34.8 Å². The number of hydrogen-bond donors (Lipinski definition) is 0. The van der Waals surface area contributed by atoms with Crippen molar-refractivity contribution in [3.05, 3.63) is 86.3 Å². The topological polar surface area (TPSA) is 49.9 Å². The second kappa shape index (κ2) is 11.4. The quantitative estimate of drug-likeness (QED) is 0.352. The van der Waals surface area contributed by atoms with Gasteiger partial charge in [-0.3, -0.25) is 9.59 Å². The van der Waals surface area contributed by atoms with E-state index in [1.54, 1.807) is 34.4 Å². The average Bonchev–Trinajstić information content (AvgIpc) is 3.33. The Morgan fingerprint density at radius 3 is 2.72 bits per heavy atom. The molecule has 0 aliphatic carbocycles. The molecule has 2 heterocycles. The van der Waals surface area contributed by atoms with Gasteiger partial charge < -0.3 is 14.5 Å². The normalized spacial score (nSPS) is 15.1. The predicted molar refractivity (Wildman–Crippen MR) is 141 cm³/mol. The highest BCUT2D eigenvalue weighted by Crippen LogP contribution is 2.34. The van der Waals surface area contributed by atoms with E-state index in [1.165, 1.54) is 21.9 Å². The third-order valence-electron chi connectivity index (χ3n) is 6.26. The molecule has 3 aromatic rings. The summed E-state index contributed by atoms with van der Waals surface area (Å²) in [6, 6.07) is 13.1. The van der Waals surface area contributed by atoms with Crippen LogP contribution in [0.2, 0.25) is 5.02 Å². The second-order valence-electron chi connectivity index (χ2n) is 9.43. The van der Waals surface area contributed by atoms with Crippen molar-refractivity contribution < 1.29 is 18.7 Å². The molecule has 1 aromatic heterocycles. The van der Waals surface area contributed by atoms with Crippen molar-refractivity contribution in [2.45, 2.75) is 33.2 Å². The van der Waals surface area contributed by atoms with E-state index in [2.05, 4.69) is 0 Å². The van der Waals surface area contributed by atoms with E-state index in [9.17, 15) is 14.0 Å². The Bertz CT molecular complexity index is 1250. The Morgan fingerprint density at radius 2 is 2.00 bits per heavy atom. The minimum atomic E-state index is -0.589. The Morgan fingerprint density at radius 1 is 1.22 bits per heavy atom. The van der Waals surface area contributed by atoms with Gasteiger partial charge in [-0.05, 0) is 72.2 Å². The van der Waals surface area contributed by atoms with Crippen molar-refractivity contribution in [2.75, 3.05) is 26.2 Å². The Kier molecular flexibility index (Phi) is 8.32. The monoisotopic (exact) mass is 528 g/mol. The third kappa shape index (κ3) is 5.90. The zero-order valence-corrected chi connectivity index (χ0v) is 22.2. The van der Waals surface area contributed by atoms with E-state index >= 15 is 0 Å². The van der Waals surface area contributed by atoms with Crippen LogP contribution in [0.3, 0.4) is 0 Å². The van der Waals surface area contributed by atoms with Crippen LogP contribution in [0, 0.1) is 18.7 Å². The van der Waals surface area contributed by atoms with Crippen molar-refractivity contribution in [2.24, 2.45) is 5.92 Å². The third-order valence-corrected chi connectivity index (χ3v) is 7.68. The fourth-order valence-electron chi connectivity index (χ4n) is 4.48. The molecule has 4 rings (SSSR count). The molecule has 0 spiro atoms. The standard InChI is InChI=1S/C28H30ClFN2O3S/c1-18(2)15-31(28(34)21-6-4-5-7-24(21)30)16-27(33)32-12-10-26-22(11-13-36-26)25(32)17-35-20-8-9-23(29)19(3)14-20/h4-9,11,13-14,18,25H,10,12,15-17H2,1-3H3. The summed E-state index contributed by atoms with van der Waals surface area (Å²) < 4.78 is 20.5. The summed E-state index contributed by atoms with van der Waals surface area (Å²) in [5.41, 5.74) is 1.96. The Labute approximate surface area is 220 Å². The van der Waals surface area contributed by atoms with E-state index < -0.39 is 11.7 Å². The molecule has 1 aliphatic rings. The fraction of sp³-hybridized carbons (Fsp3) is 0.357. The van der Waals surface area contributed by atoms with Crippen LogP contribution in [0.15, 0.2) is 53.9 Å². The van der Waals surface area contributed by atoms with Crippen molar-refractivity contribution in [1.82, 2.24) is 9.80 Å². The van der Waals surface area contributed by atoms with Gasteiger partial charge in [-0.15, -0.1) is 11.3 Å². The van der Waals surface area contributed by atoms with Crippen LogP contribution < -0.4 is 4.74 Å². The lowest BCUT2D eigenvalue weighted by atomic mass is 10.00. The lowest BCUT2D eigenvalue weighted by Crippen LogP contribution is -2.48. The molecule has 0 N–H and O–H groups in total. The molecular weight excluding hydrogens is 499 g/mol. The second-order valence-corrected chi connectivity index (χ2v) is 10.8. The number of hydrogen-bond acceptors (Lipinski definition) is 4. The van der Waals surface area contributed by atoms with Gasteiger partial charge in [0.05, 0.1) is 11.6 Å². The highest BCUT2D eigenvalue weighted by molar-refractivity contribution is 7.10. The van der Waals surface area contributed by atoms with Crippen molar-refractivity contribution in [1.29, 1.82) is 0 Å². The molecule has 36 heavy (non-hydrogen) atoms. The first-order chi connectivity index (χ1) is 17.2. The lowest BCUT2D eigenvalue weighted by Gasteiger charge is -2.37. The first-order valence-electron chi connectivity index (χ1n) is 12.0. The zero-order valence-electron chi connectivity index (χ0n) is 20.7. The van der Waals surface area contributed by atoms with Crippen LogP contribution in [0.25, 0.3) is 0 Å². The van der Waals surface area contributed by atoms with Crippen LogP contribution in [0.4, 0.5) is 4.39 Å². The van der Waals surface area contributed by atoms with Crippen molar-refractivity contribution in [3.8, 4) is 5.75 Å². The first-order valence-corrected chi connectivity index (χ1v) is 13.3. The average molecular weight is 529 g/mol. The fourth-order valence-corrected chi connectivity index (χ4v) is 5.52. The summed E-state index contributed by atoms with van der Waals surface area (Å²) >= 11 is 7.83. The number of carbonyl (C=O) groups excluding carboxylic acids is 2. The summed E-state index contributed by atoms with van der Waals surface area (Å²) in [6.07, 6.45) is 0.751. The SMILES string of the molecule is Cc1cc(OCC2c3ccsc3CCN2C(=O)CN(CC(C)C)C(=O)c2ccccc2F)ccc1Cl. The molecule has 0 bridgehead atoms. The highest BCUT2D eigenvalue weighted by atomic mass is 35.5. The van der Waals surface area contributed by atoms with Gasteiger partial charge in [0.15, 0.2) is 0 Å². The summed E-state index contributed by atoms with van der Waals surface area (Å²) in [5.74, 6) is -0.450. The van der Waals surface area contributed by atoms with Gasteiger partial charge >= 0.3 is 0 Å². The maximum Gasteiger partial charge on any atom is 0.257 e. The first kappa shape index (κ1) is 26.2. The number of amides is 2. The molecule has 0 saturated heterocycles. The number of rotatable bonds is 8. The minimum Gasteiger partial charge on any atom is -0.491 e. The van der Waals surface area contributed by atoms with Crippen LogP contribution in [-0.4, -0.2) is 47.9 Å². The number of fused-ring (bicyclic) bond motifs is 1. The molecule has 2 amide bonds. The highest BCUT2D eigenvalue weighted by Gasteiger charge is 2.34.